The molecule has 0 spiro atoms. The molecular weight excluding hydrogens is 188 g/mol. The van der Waals surface area contributed by atoms with E-state index in [1.807, 2.05) is 26.0 Å². The number of hydrogen-bond donors (Lipinski definition) is 0. The maximum Gasteiger partial charge on any atom is 0.150 e. The zero-order chi connectivity index (χ0) is 11.3. The van der Waals surface area contributed by atoms with E-state index in [0.29, 0.717) is 12.2 Å². The molecular formula is C13H16O2. The third-order valence-electron chi connectivity index (χ3n) is 2.17. The predicted molar refractivity (Wildman–Crippen MR) is 61.5 cm³/mol. The molecule has 0 bridgehead atoms. The first kappa shape index (κ1) is 11.5. The van der Waals surface area contributed by atoms with Crippen molar-refractivity contribution >= 4 is 6.29 Å². The van der Waals surface area contributed by atoms with Gasteiger partial charge in [-0.1, -0.05) is 5.57 Å². The summed E-state index contributed by atoms with van der Waals surface area (Å²) in [7, 11) is 0. The van der Waals surface area contributed by atoms with Crippen LogP contribution in [0.4, 0.5) is 0 Å². The zero-order valence-corrected chi connectivity index (χ0v) is 9.25. The highest BCUT2D eigenvalue weighted by molar-refractivity contribution is 5.77. The van der Waals surface area contributed by atoms with Gasteiger partial charge in [-0.2, -0.15) is 0 Å². The fourth-order valence-electron chi connectivity index (χ4n) is 1.21. The molecule has 0 aromatic heterocycles. The molecule has 0 saturated carbocycles. The Balaban J connectivity index is 2.59. The van der Waals surface area contributed by atoms with E-state index in [0.717, 1.165) is 29.6 Å². The largest absolute Gasteiger partial charge is 0.493 e. The average Bonchev–Trinajstić information content (AvgIpc) is 2.17. The Bertz CT molecular complexity index is 367. The lowest BCUT2D eigenvalue weighted by molar-refractivity contribution is 0.112. The maximum atomic E-state index is 10.6. The molecule has 0 atom stereocenters. The van der Waals surface area contributed by atoms with Gasteiger partial charge in [0.05, 0.1) is 6.61 Å². The van der Waals surface area contributed by atoms with Crippen LogP contribution in [0, 0.1) is 6.92 Å². The Morgan fingerprint density at radius 1 is 1.53 bits per heavy atom. The number of rotatable bonds is 5. The SMILES string of the molecule is C=C(C)CCOc1ccc(C=O)c(C)c1. The van der Waals surface area contributed by atoms with Crippen molar-refractivity contribution in [3.05, 3.63) is 41.5 Å². The first-order chi connectivity index (χ1) is 7.13. The van der Waals surface area contributed by atoms with Gasteiger partial charge < -0.3 is 4.74 Å². The quantitative estimate of drug-likeness (QED) is 0.544. The number of hydrogen-bond acceptors (Lipinski definition) is 2. The van der Waals surface area contributed by atoms with E-state index in [4.69, 9.17) is 4.74 Å². The van der Waals surface area contributed by atoms with Crippen molar-refractivity contribution in [1.82, 2.24) is 0 Å². The summed E-state index contributed by atoms with van der Waals surface area (Å²) in [4.78, 5) is 10.6. The number of aryl methyl sites for hydroxylation is 1. The van der Waals surface area contributed by atoms with E-state index < -0.39 is 0 Å². The van der Waals surface area contributed by atoms with E-state index in [2.05, 4.69) is 6.58 Å². The summed E-state index contributed by atoms with van der Waals surface area (Å²) in [6, 6.07) is 5.47. The van der Waals surface area contributed by atoms with Gasteiger partial charge in [-0.15, -0.1) is 6.58 Å². The van der Waals surface area contributed by atoms with Crippen LogP contribution in [0.15, 0.2) is 30.4 Å². The molecule has 0 radical (unpaired) electrons. The van der Waals surface area contributed by atoms with E-state index in [9.17, 15) is 4.79 Å². The van der Waals surface area contributed by atoms with E-state index in [1.54, 1.807) is 6.07 Å². The van der Waals surface area contributed by atoms with Crippen LogP contribution >= 0.6 is 0 Å². The predicted octanol–water partition coefficient (Wildman–Crippen LogP) is 3.15. The Kier molecular flexibility index (Phi) is 4.10. The van der Waals surface area contributed by atoms with Gasteiger partial charge in [-0.05, 0) is 37.6 Å². The number of carbonyl (C=O) groups is 1. The standard InChI is InChI=1S/C13H16O2/c1-10(2)6-7-15-13-5-4-12(9-14)11(3)8-13/h4-5,8-9H,1,6-7H2,2-3H3. The minimum atomic E-state index is 0.634. The van der Waals surface area contributed by atoms with E-state index in [-0.39, 0.29) is 0 Å². The fraction of sp³-hybridized carbons (Fsp3) is 0.308. The second-order valence-corrected chi connectivity index (χ2v) is 3.69. The molecule has 80 valence electrons. The minimum absolute atomic E-state index is 0.634. The van der Waals surface area contributed by atoms with Gasteiger partial charge in [0.1, 0.15) is 12.0 Å². The molecule has 0 saturated heterocycles. The van der Waals surface area contributed by atoms with Crippen LogP contribution in [0.25, 0.3) is 0 Å². The highest BCUT2D eigenvalue weighted by Crippen LogP contribution is 2.16. The Morgan fingerprint density at radius 2 is 2.27 bits per heavy atom. The summed E-state index contributed by atoms with van der Waals surface area (Å²) < 4.78 is 5.52. The van der Waals surface area contributed by atoms with Crippen molar-refractivity contribution in [3.8, 4) is 5.75 Å². The third kappa shape index (κ3) is 3.58. The lowest BCUT2D eigenvalue weighted by Gasteiger charge is -2.07. The highest BCUT2D eigenvalue weighted by atomic mass is 16.5. The van der Waals surface area contributed by atoms with Crippen molar-refractivity contribution in [2.24, 2.45) is 0 Å². The molecule has 1 aromatic rings. The smallest absolute Gasteiger partial charge is 0.150 e. The lowest BCUT2D eigenvalue weighted by atomic mass is 10.1. The average molecular weight is 204 g/mol. The van der Waals surface area contributed by atoms with Gasteiger partial charge in [0.25, 0.3) is 0 Å². The number of ether oxygens (including phenoxy) is 1. The molecule has 0 heterocycles. The monoisotopic (exact) mass is 204 g/mol. The molecule has 1 rings (SSSR count). The summed E-state index contributed by atoms with van der Waals surface area (Å²) in [6.45, 7) is 8.31. The normalized spacial score (nSPS) is 9.73. The van der Waals surface area contributed by atoms with Crippen LogP contribution in [-0.4, -0.2) is 12.9 Å². The Hall–Kier alpha value is -1.57. The van der Waals surface area contributed by atoms with Gasteiger partial charge in [-0.3, -0.25) is 4.79 Å². The van der Waals surface area contributed by atoms with Crippen molar-refractivity contribution < 1.29 is 9.53 Å². The summed E-state index contributed by atoms with van der Waals surface area (Å²) in [5.41, 5.74) is 2.76. The molecule has 0 amide bonds. The Labute approximate surface area is 90.6 Å². The van der Waals surface area contributed by atoms with Crippen molar-refractivity contribution in [2.45, 2.75) is 20.3 Å². The summed E-state index contributed by atoms with van der Waals surface area (Å²) >= 11 is 0. The third-order valence-corrected chi connectivity index (χ3v) is 2.17. The molecule has 0 aliphatic heterocycles. The van der Waals surface area contributed by atoms with Gasteiger partial charge in [0.2, 0.25) is 0 Å². The molecule has 1 aromatic carbocycles. The summed E-state index contributed by atoms with van der Waals surface area (Å²) in [5, 5.41) is 0. The van der Waals surface area contributed by atoms with Crippen LogP contribution in [0.3, 0.4) is 0 Å². The van der Waals surface area contributed by atoms with Gasteiger partial charge in [-0.25, -0.2) is 0 Å². The van der Waals surface area contributed by atoms with Crippen LogP contribution in [0.1, 0.15) is 29.3 Å². The van der Waals surface area contributed by atoms with Crippen molar-refractivity contribution in [1.29, 1.82) is 0 Å². The molecule has 0 unspecified atom stereocenters. The minimum Gasteiger partial charge on any atom is -0.493 e. The lowest BCUT2D eigenvalue weighted by Crippen LogP contribution is -1.98. The molecule has 0 aliphatic rings. The highest BCUT2D eigenvalue weighted by Gasteiger charge is 1.99. The molecule has 15 heavy (non-hydrogen) atoms. The zero-order valence-electron chi connectivity index (χ0n) is 9.25. The van der Waals surface area contributed by atoms with Gasteiger partial charge in [0, 0.05) is 12.0 Å². The van der Waals surface area contributed by atoms with E-state index >= 15 is 0 Å². The van der Waals surface area contributed by atoms with Crippen molar-refractivity contribution in [3.63, 3.8) is 0 Å². The van der Waals surface area contributed by atoms with E-state index in [1.165, 1.54) is 0 Å². The van der Waals surface area contributed by atoms with Gasteiger partial charge in [0.15, 0.2) is 0 Å². The molecule has 0 fully saturated rings. The first-order valence-electron chi connectivity index (χ1n) is 4.96. The molecule has 2 heteroatoms. The van der Waals surface area contributed by atoms with Crippen LogP contribution in [-0.2, 0) is 0 Å². The van der Waals surface area contributed by atoms with Crippen LogP contribution < -0.4 is 4.74 Å². The topological polar surface area (TPSA) is 26.3 Å². The summed E-state index contributed by atoms with van der Waals surface area (Å²) in [5.74, 6) is 0.805. The second-order valence-electron chi connectivity index (χ2n) is 3.69. The summed E-state index contributed by atoms with van der Waals surface area (Å²) in [6.07, 6.45) is 1.71. The molecule has 2 nitrogen and oxygen atoms in total. The Morgan fingerprint density at radius 3 is 2.80 bits per heavy atom. The maximum absolute atomic E-state index is 10.6. The number of aldehydes is 1. The fourth-order valence-corrected chi connectivity index (χ4v) is 1.21. The second kappa shape index (κ2) is 5.35. The van der Waals surface area contributed by atoms with Gasteiger partial charge >= 0.3 is 0 Å². The number of carbonyl (C=O) groups excluding carboxylic acids is 1. The first-order valence-corrected chi connectivity index (χ1v) is 4.96. The van der Waals surface area contributed by atoms with Crippen LogP contribution in [0.5, 0.6) is 5.75 Å². The number of benzene rings is 1. The molecule has 0 aliphatic carbocycles. The van der Waals surface area contributed by atoms with Crippen molar-refractivity contribution in [2.75, 3.05) is 6.61 Å². The van der Waals surface area contributed by atoms with Crippen LogP contribution in [0.2, 0.25) is 0 Å². The molecule has 0 N–H and O–H groups in total.